The topological polar surface area (TPSA) is 172 Å². The number of nitrogens with two attached hydrogens (primary N) is 2. The second-order valence-electron chi connectivity index (χ2n) is 14.4. The standard InChI is InChI=1S/C43H51ClN8O3S/c1-27-34(33-11-3-4-12-36(33)51-27)24-38-41(54)50-26-32-21-31(28-14-19-47-20-15-28)22-35(44)40(32)56-42-30(10-8-18-48-42)25-49-37(13-7-17-46)39(53)23-29(9-5-6-16-45)43(55)52(38)2/h3-4,8,10-12,14-15,18-22,29,37-38,49,51H,5-7,9,13,16-17,23-26,45-46H2,1-2H3,(H,50,54)/t29-,37+,38+/m1/s1. The molecule has 2 aromatic carbocycles. The van der Waals surface area contributed by atoms with E-state index in [1.54, 1.807) is 30.5 Å². The van der Waals surface area contributed by atoms with Gasteiger partial charge < -0.3 is 32.0 Å². The quantitative estimate of drug-likeness (QED) is 0.101. The fraction of sp³-hybridized carbons (Fsp3) is 0.372. The van der Waals surface area contributed by atoms with Gasteiger partial charge in [0.15, 0.2) is 5.78 Å². The van der Waals surface area contributed by atoms with Crippen LogP contribution in [0.2, 0.25) is 5.02 Å². The van der Waals surface area contributed by atoms with E-state index in [0.29, 0.717) is 50.3 Å². The van der Waals surface area contributed by atoms with Crippen molar-refractivity contribution < 1.29 is 14.4 Å². The molecule has 0 fully saturated rings. The molecule has 11 nitrogen and oxygen atoms in total. The molecule has 0 saturated carbocycles. The minimum Gasteiger partial charge on any atom is -0.358 e. The first-order chi connectivity index (χ1) is 27.2. The van der Waals surface area contributed by atoms with Crippen molar-refractivity contribution in [2.45, 2.75) is 87.0 Å². The van der Waals surface area contributed by atoms with Crippen molar-refractivity contribution in [2.24, 2.45) is 17.4 Å². The Balaban J connectivity index is 1.45. The van der Waals surface area contributed by atoms with E-state index in [2.05, 4.69) is 20.6 Å². The summed E-state index contributed by atoms with van der Waals surface area (Å²) in [7, 11) is 1.68. The third-order valence-corrected chi connectivity index (χ3v) is 12.3. The number of pyridine rings is 2. The number of ketones is 1. The summed E-state index contributed by atoms with van der Waals surface area (Å²) < 4.78 is 0. The number of hydrogen-bond acceptors (Lipinski definition) is 9. The lowest BCUT2D eigenvalue weighted by molar-refractivity contribution is -0.143. The number of fused-ring (bicyclic) bond motifs is 3. The van der Waals surface area contributed by atoms with Gasteiger partial charge in [-0.15, -0.1) is 0 Å². The maximum absolute atomic E-state index is 14.7. The SMILES string of the molecule is Cc1[nH]c2ccccc2c1C[C@H]1C(=O)NCc2cc(-c3ccncc3)cc(Cl)c2Sc2ncccc2CN[C@@H](CCCN)C(=O)C[C@@H](CCCCN)C(=O)N1C. The highest BCUT2D eigenvalue weighted by Crippen LogP contribution is 2.40. The maximum atomic E-state index is 14.7. The first-order valence-corrected chi connectivity index (χ1v) is 20.5. The predicted octanol–water partition coefficient (Wildman–Crippen LogP) is 6.34. The van der Waals surface area contributed by atoms with Crippen LogP contribution in [0.15, 0.2) is 89.2 Å². The molecule has 3 aromatic heterocycles. The van der Waals surface area contributed by atoms with E-state index in [9.17, 15) is 14.4 Å². The van der Waals surface area contributed by atoms with Crippen molar-refractivity contribution >= 4 is 51.9 Å². The molecule has 294 valence electrons. The Morgan fingerprint density at radius 3 is 2.46 bits per heavy atom. The number of likely N-dealkylation sites (N-methyl/N-ethyl adjacent to an activating group) is 1. The molecule has 0 radical (unpaired) electrons. The van der Waals surface area contributed by atoms with E-state index in [-0.39, 0.29) is 37.0 Å². The number of aryl methyl sites for hydroxylation is 1. The van der Waals surface area contributed by atoms with Gasteiger partial charge in [0.05, 0.1) is 11.1 Å². The number of aromatic nitrogens is 3. The molecule has 0 bridgehead atoms. The number of Topliss-reactive ketones (excluding diaryl/α,β-unsaturated/α-hetero) is 1. The summed E-state index contributed by atoms with van der Waals surface area (Å²) >= 11 is 8.54. The number of rotatable bonds is 10. The van der Waals surface area contributed by atoms with Crippen LogP contribution in [0.1, 0.15) is 60.9 Å². The summed E-state index contributed by atoms with van der Waals surface area (Å²) in [5.41, 5.74) is 18.1. The first kappa shape index (κ1) is 41.1. The van der Waals surface area contributed by atoms with E-state index in [0.717, 1.165) is 60.8 Å². The monoisotopic (exact) mass is 794 g/mol. The van der Waals surface area contributed by atoms with Crippen molar-refractivity contribution in [1.82, 2.24) is 30.5 Å². The Morgan fingerprint density at radius 2 is 1.68 bits per heavy atom. The van der Waals surface area contributed by atoms with Crippen LogP contribution < -0.4 is 22.1 Å². The van der Waals surface area contributed by atoms with Gasteiger partial charge in [0.1, 0.15) is 11.1 Å². The second kappa shape index (κ2) is 19.5. The highest BCUT2D eigenvalue weighted by atomic mass is 35.5. The number of hydrogen-bond donors (Lipinski definition) is 5. The van der Waals surface area contributed by atoms with Gasteiger partial charge in [0.2, 0.25) is 11.8 Å². The van der Waals surface area contributed by atoms with E-state index >= 15 is 0 Å². The van der Waals surface area contributed by atoms with Crippen LogP contribution in [-0.4, -0.2) is 69.7 Å². The zero-order valence-corrected chi connectivity index (χ0v) is 33.6. The fourth-order valence-corrected chi connectivity index (χ4v) is 8.81. The molecule has 4 heterocycles. The average Bonchev–Trinajstić information content (AvgIpc) is 3.53. The zero-order chi connectivity index (χ0) is 39.6. The molecular formula is C43H51ClN8O3S. The fourth-order valence-electron chi connectivity index (χ4n) is 7.46. The zero-order valence-electron chi connectivity index (χ0n) is 32.0. The van der Waals surface area contributed by atoms with Crippen molar-refractivity contribution in [1.29, 1.82) is 0 Å². The van der Waals surface area contributed by atoms with Gasteiger partial charge >= 0.3 is 0 Å². The molecule has 3 atom stereocenters. The number of halogens is 1. The first-order valence-electron chi connectivity index (χ1n) is 19.3. The van der Waals surface area contributed by atoms with E-state index in [4.69, 9.17) is 28.1 Å². The minimum absolute atomic E-state index is 0.0317. The molecule has 0 spiro atoms. The Morgan fingerprint density at radius 1 is 0.893 bits per heavy atom. The summed E-state index contributed by atoms with van der Waals surface area (Å²) in [6.45, 7) is 3.41. The van der Waals surface area contributed by atoms with Crippen molar-refractivity contribution in [3.8, 4) is 11.1 Å². The van der Waals surface area contributed by atoms with Crippen molar-refractivity contribution in [2.75, 3.05) is 20.1 Å². The van der Waals surface area contributed by atoms with Gasteiger partial charge in [-0.2, -0.15) is 0 Å². The van der Waals surface area contributed by atoms with E-state index in [1.165, 1.54) is 11.8 Å². The summed E-state index contributed by atoms with van der Waals surface area (Å²) in [4.78, 5) is 58.2. The Bertz CT molecular complexity index is 2140. The Labute approximate surface area is 337 Å². The molecule has 56 heavy (non-hydrogen) atoms. The third kappa shape index (κ3) is 9.85. The second-order valence-corrected chi connectivity index (χ2v) is 15.8. The number of amides is 2. The molecule has 5 aromatic rings. The van der Waals surface area contributed by atoms with Crippen LogP contribution in [0.3, 0.4) is 0 Å². The molecule has 7 N–H and O–H groups in total. The number of carbonyl (C=O) groups is 3. The molecule has 6 rings (SSSR count). The predicted molar refractivity (Wildman–Crippen MR) is 223 cm³/mol. The van der Waals surface area contributed by atoms with Crippen LogP contribution in [0, 0.1) is 12.8 Å². The number of carbonyl (C=O) groups excluding carboxylic acids is 3. The number of aromatic amines is 1. The van der Waals surface area contributed by atoms with Crippen LogP contribution in [-0.2, 0) is 33.9 Å². The summed E-state index contributed by atoms with van der Waals surface area (Å²) in [5, 5.41) is 8.91. The molecule has 1 aliphatic heterocycles. The highest BCUT2D eigenvalue weighted by Gasteiger charge is 2.35. The molecular weight excluding hydrogens is 744 g/mol. The lowest BCUT2D eigenvalue weighted by Crippen LogP contribution is -2.51. The number of unbranched alkanes of at least 4 members (excludes halogenated alkanes) is 1. The minimum atomic E-state index is -0.883. The number of H-pyrrole nitrogens is 1. The summed E-state index contributed by atoms with van der Waals surface area (Å²) in [6.07, 6.45) is 8.53. The summed E-state index contributed by atoms with van der Waals surface area (Å²) in [6, 6.07) is 18.2. The Kier molecular flexibility index (Phi) is 14.3. The molecule has 13 heteroatoms. The molecule has 0 saturated heterocycles. The van der Waals surface area contributed by atoms with Gasteiger partial charge in [-0.05, 0) is 110 Å². The number of benzene rings is 2. The van der Waals surface area contributed by atoms with E-state index in [1.807, 2.05) is 67.6 Å². The van der Waals surface area contributed by atoms with Crippen LogP contribution in [0.25, 0.3) is 22.0 Å². The van der Waals surface area contributed by atoms with Crippen LogP contribution >= 0.6 is 23.4 Å². The lowest BCUT2D eigenvalue weighted by Gasteiger charge is -2.31. The average molecular weight is 795 g/mol. The van der Waals surface area contributed by atoms with Gasteiger partial charge in [0, 0.05) is 79.0 Å². The van der Waals surface area contributed by atoms with E-state index < -0.39 is 18.0 Å². The third-order valence-electron chi connectivity index (χ3n) is 10.6. The Hall–Kier alpha value is -4.59. The van der Waals surface area contributed by atoms with Crippen LogP contribution in [0.4, 0.5) is 0 Å². The normalized spacial score (nSPS) is 18.7. The largest absolute Gasteiger partial charge is 0.358 e. The van der Waals surface area contributed by atoms with Gasteiger partial charge in [-0.1, -0.05) is 54.0 Å². The van der Waals surface area contributed by atoms with Crippen molar-refractivity contribution in [3.63, 3.8) is 0 Å². The maximum Gasteiger partial charge on any atom is 0.243 e. The van der Waals surface area contributed by atoms with Crippen molar-refractivity contribution in [3.05, 3.63) is 107 Å². The molecule has 0 unspecified atom stereocenters. The lowest BCUT2D eigenvalue weighted by atomic mass is 9.90. The summed E-state index contributed by atoms with van der Waals surface area (Å²) in [5.74, 6) is -1.26. The number of para-hydroxylation sites is 1. The van der Waals surface area contributed by atoms with Gasteiger partial charge in [-0.25, -0.2) is 4.98 Å². The van der Waals surface area contributed by atoms with Crippen LogP contribution in [0.5, 0.6) is 0 Å². The molecule has 2 amide bonds. The molecule has 0 aliphatic carbocycles. The highest BCUT2D eigenvalue weighted by molar-refractivity contribution is 7.99. The smallest absolute Gasteiger partial charge is 0.243 e. The molecule has 1 aliphatic rings. The van der Waals surface area contributed by atoms with Gasteiger partial charge in [0.25, 0.3) is 0 Å². The number of nitrogens with zero attached hydrogens (tertiary/aromatic N) is 3. The van der Waals surface area contributed by atoms with Gasteiger partial charge in [-0.3, -0.25) is 19.4 Å². The number of nitrogens with one attached hydrogen (secondary N) is 3.